The largest absolute Gasteiger partial charge is 0.394 e. The van der Waals surface area contributed by atoms with E-state index in [2.05, 4.69) is 0 Å². The Balaban J connectivity index is 0. The van der Waals surface area contributed by atoms with Crippen molar-refractivity contribution < 1.29 is 45.2 Å². The molecule has 0 aromatic heterocycles. The minimum absolute atomic E-state index is 0. The molecular formula is H2HgO4S. The van der Waals surface area contributed by atoms with Crippen molar-refractivity contribution in [3.05, 3.63) is 0 Å². The van der Waals surface area contributed by atoms with Crippen molar-refractivity contribution in [3.8, 4) is 0 Å². The summed E-state index contributed by atoms with van der Waals surface area (Å²) in [6, 6.07) is 0. The molecule has 0 amide bonds. The molecule has 0 aliphatic carbocycles. The van der Waals surface area contributed by atoms with E-state index >= 15 is 0 Å². The first-order chi connectivity index (χ1) is 2.00. The van der Waals surface area contributed by atoms with Gasteiger partial charge in [0.05, 0.1) is 0 Å². The van der Waals surface area contributed by atoms with Crippen molar-refractivity contribution in [1.82, 2.24) is 0 Å². The Morgan fingerprint density at radius 1 is 1.17 bits per heavy atom. The van der Waals surface area contributed by atoms with Crippen molar-refractivity contribution in [3.63, 3.8) is 0 Å². The van der Waals surface area contributed by atoms with E-state index in [1.165, 1.54) is 0 Å². The van der Waals surface area contributed by atoms with Crippen LogP contribution in [0.15, 0.2) is 0 Å². The fourth-order valence-electron chi connectivity index (χ4n) is 0. The summed E-state index contributed by atoms with van der Waals surface area (Å²) in [5.41, 5.74) is 0. The van der Waals surface area contributed by atoms with Crippen LogP contribution in [0.3, 0.4) is 0 Å². The van der Waals surface area contributed by atoms with Crippen LogP contribution < -0.4 is 0 Å². The molecule has 6 heavy (non-hydrogen) atoms. The molecule has 0 heterocycles. The van der Waals surface area contributed by atoms with E-state index in [1.807, 2.05) is 0 Å². The summed E-state index contributed by atoms with van der Waals surface area (Å²) in [5, 5.41) is 0. The van der Waals surface area contributed by atoms with Gasteiger partial charge in [0.25, 0.3) is 0 Å². The topological polar surface area (TPSA) is 74.6 Å². The molecular weight excluding hydrogens is 297 g/mol. The fourth-order valence-corrected chi connectivity index (χ4v) is 0. The molecule has 0 fully saturated rings. The Kier molecular flexibility index (Phi) is 4.79. The van der Waals surface area contributed by atoms with Crippen LogP contribution >= 0.6 is 0 Å². The van der Waals surface area contributed by atoms with Gasteiger partial charge in [-0.2, -0.15) is 8.42 Å². The first kappa shape index (κ1) is 9.93. The SMILES string of the molecule is O=S(=O)(O)O.[Hg]. The van der Waals surface area contributed by atoms with Gasteiger partial charge in [0.2, 0.25) is 0 Å². The average molecular weight is 299 g/mol. The predicted octanol–water partition coefficient (Wildman–Crippen LogP) is -0.655. The van der Waals surface area contributed by atoms with Gasteiger partial charge >= 0.3 is 10.4 Å². The smallest absolute Gasteiger partial charge is 0.264 e. The molecule has 0 aliphatic heterocycles. The van der Waals surface area contributed by atoms with Crippen molar-refractivity contribution >= 4 is 10.4 Å². The zero-order valence-corrected chi connectivity index (χ0v) is 9.14. The van der Waals surface area contributed by atoms with Crippen LogP contribution in [0.2, 0.25) is 0 Å². The summed E-state index contributed by atoms with van der Waals surface area (Å²) >= 11 is 0. The maximum absolute atomic E-state index is 8.74. The second-order valence-corrected chi connectivity index (χ2v) is 1.34. The summed E-state index contributed by atoms with van der Waals surface area (Å²) in [5.74, 6) is 0. The normalized spacial score (nSPS) is 9.67. The van der Waals surface area contributed by atoms with Gasteiger partial charge in [-0.15, -0.1) is 0 Å². The van der Waals surface area contributed by atoms with E-state index in [0.29, 0.717) is 0 Å². The Morgan fingerprint density at radius 3 is 1.17 bits per heavy atom. The average Bonchev–Trinajstić information content (AvgIpc) is 0.722. The standard InChI is InChI=1S/Hg.H2O4S/c;1-5(2,3)4/h;(H2,1,2,3,4). The molecule has 0 rings (SSSR count). The summed E-state index contributed by atoms with van der Waals surface area (Å²) in [4.78, 5) is 0. The third-order valence-electron chi connectivity index (χ3n) is 0. The van der Waals surface area contributed by atoms with Gasteiger partial charge in [-0.3, -0.25) is 9.11 Å². The van der Waals surface area contributed by atoms with Gasteiger partial charge in [0.15, 0.2) is 0 Å². The van der Waals surface area contributed by atoms with E-state index in [1.54, 1.807) is 0 Å². The Bertz CT molecular complexity index is 90.7. The van der Waals surface area contributed by atoms with Crippen molar-refractivity contribution in [2.24, 2.45) is 0 Å². The molecule has 0 saturated heterocycles. The summed E-state index contributed by atoms with van der Waals surface area (Å²) in [6.45, 7) is 0. The zero-order chi connectivity index (χ0) is 4.50. The first-order valence-electron chi connectivity index (χ1n) is 0.698. The van der Waals surface area contributed by atoms with Crippen LogP contribution in [0, 0.1) is 0 Å². The molecule has 0 aromatic carbocycles. The Morgan fingerprint density at radius 2 is 1.17 bits per heavy atom. The summed E-state index contributed by atoms with van der Waals surface area (Å²) < 4.78 is 31.6. The van der Waals surface area contributed by atoms with E-state index in [-0.39, 0.29) is 27.7 Å². The minimum atomic E-state index is -4.67. The quantitative estimate of drug-likeness (QED) is 0.460. The summed E-state index contributed by atoms with van der Waals surface area (Å²) in [6.07, 6.45) is 0. The molecule has 0 atom stereocenters. The predicted molar refractivity (Wildman–Crippen MR) is 14.2 cm³/mol. The van der Waals surface area contributed by atoms with Gasteiger partial charge in [-0.1, -0.05) is 0 Å². The molecule has 34 valence electrons. The van der Waals surface area contributed by atoms with Gasteiger partial charge < -0.3 is 0 Å². The molecule has 0 aliphatic rings. The molecule has 0 saturated carbocycles. The molecule has 6 heteroatoms. The van der Waals surface area contributed by atoms with Gasteiger partial charge in [-0.25, -0.2) is 0 Å². The number of rotatable bonds is 0. The van der Waals surface area contributed by atoms with Gasteiger partial charge in [0.1, 0.15) is 0 Å². The second kappa shape index (κ2) is 2.89. The van der Waals surface area contributed by atoms with Crippen LogP contribution in [0.1, 0.15) is 0 Å². The zero-order valence-electron chi connectivity index (χ0n) is 2.83. The molecule has 4 nitrogen and oxygen atoms in total. The van der Waals surface area contributed by atoms with Crippen molar-refractivity contribution in [2.75, 3.05) is 0 Å². The van der Waals surface area contributed by atoms with Crippen LogP contribution in [0.25, 0.3) is 0 Å². The first-order valence-corrected chi connectivity index (χ1v) is 2.10. The Hall–Kier alpha value is 0.805. The maximum Gasteiger partial charge on any atom is 0.394 e. The Labute approximate surface area is 55.6 Å². The summed E-state index contributed by atoms with van der Waals surface area (Å²) in [7, 11) is -4.67. The fraction of sp³-hybridized carbons (Fsp3) is 0. The van der Waals surface area contributed by atoms with Crippen molar-refractivity contribution in [2.45, 2.75) is 0 Å². The number of hydrogen-bond acceptors (Lipinski definition) is 2. The third-order valence-corrected chi connectivity index (χ3v) is 0. The van der Waals surface area contributed by atoms with Crippen LogP contribution in [-0.4, -0.2) is 17.5 Å². The van der Waals surface area contributed by atoms with Gasteiger partial charge in [-0.05, 0) is 0 Å². The van der Waals surface area contributed by atoms with Crippen LogP contribution in [-0.2, 0) is 38.1 Å². The monoisotopic (exact) mass is 300 g/mol. The van der Waals surface area contributed by atoms with Crippen molar-refractivity contribution in [1.29, 1.82) is 0 Å². The number of hydrogen-bond donors (Lipinski definition) is 2. The molecule has 0 aromatic rings. The van der Waals surface area contributed by atoms with E-state index < -0.39 is 10.4 Å². The van der Waals surface area contributed by atoms with Crippen LogP contribution in [0.5, 0.6) is 0 Å². The minimum Gasteiger partial charge on any atom is -0.264 e. The molecule has 0 bridgehead atoms. The molecule has 0 unspecified atom stereocenters. The maximum atomic E-state index is 8.74. The second-order valence-electron chi connectivity index (χ2n) is 0.448. The molecule has 0 spiro atoms. The van der Waals surface area contributed by atoms with E-state index in [4.69, 9.17) is 17.5 Å². The van der Waals surface area contributed by atoms with Gasteiger partial charge in [0, 0.05) is 27.7 Å². The molecule has 2 N–H and O–H groups in total. The van der Waals surface area contributed by atoms with E-state index in [0.717, 1.165) is 0 Å². The molecule has 0 radical (unpaired) electrons. The van der Waals surface area contributed by atoms with E-state index in [9.17, 15) is 0 Å². The third kappa shape index (κ3) is 107. The van der Waals surface area contributed by atoms with Crippen LogP contribution in [0.4, 0.5) is 0 Å².